The topological polar surface area (TPSA) is 51.8 Å². The predicted molar refractivity (Wildman–Crippen MR) is 192 cm³/mol. The van der Waals surface area contributed by atoms with E-state index in [1.807, 2.05) is 54.6 Å². The van der Waals surface area contributed by atoms with Gasteiger partial charge in [-0.2, -0.15) is 0 Å². The highest BCUT2D eigenvalue weighted by Gasteiger charge is 2.18. The van der Waals surface area contributed by atoms with Gasteiger partial charge in [-0.3, -0.25) is 0 Å². The number of para-hydroxylation sites is 2. The zero-order valence-electron chi connectivity index (χ0n) is 25.3. The first-order valence-electron chi connectivity index (χ1n) is 15.7. The second kappa shape index (κ2) is 11.2. The Hall–Kier alpha value is -6.39. The lowest BCUT2D eigenvalue weighted by atomic mass is 9.98. The fourth-order valence-corrected chi connectivity index (χ4v) is 6.38. The van der Waals surface area contributed by atoms with Crippen LogP contribution in [-0.4, -0.2) is 15.0 Å². The van der Waals surface area contributed by atoms with Crippen LogP contribution >= 0.6 is 0 Å². The highest BCUT2D eigenvalue weighted by molar-refractivity contribution is 6.14. The van der Waals surface area contributed by atoms with Crippen LogP contribution in [0.25, 0.3) is 89.1 Å². The molecule has 9 aromatic rings. The molecule has 0 aliphatic carbocycles. The van der Waals surface area contributed by atoms with Crippen molar-refractivity contribution in [1.82, 2.24) is 15.0 Å². The predicted octanol–water partition coefficient (Wildman–Crippen LogP) is 11.3. The SMILES string of the molecule is c1ccc(-c2cccc(-c3cc(-c4ccccc4)nc(-c4ccc(-c5c6ccccc6nc6c5oc5ccccc56)cc4)n3)c2)cc1. The first kappa shape index (κ1) is 27.0. The number of benzene rings is 6. The molecule has 0 amide bonds. The van der Waals surface area contributed by atoms with Crippen molar-refractivity contribution in [3.05, 3.63) is 164 Å². The van der Waals surface area contributed by atoms with Crippen molar-refractivity contribution < 1.29 is 4.42 Å². The lowest BCUT2D eigenvalue weighted by Crippen LogP contribution is -1.96. The highest BCUT2D eigenvalue weighted by Crippen LogP contribution is 2.40. The Balaban J connectivity index is 1.19. The minimum atomic E-state index is 0.673. The van der Waals surface area contributed by atoms with E-state index in [-0.39, 0.29) is 0 Å². The minimum absolute atomic E-state index is 0.673. The Morgan fingerprint density at radius 3 is 1.77 bits per heavy atom. The normalized spacial score (nSPS) is 11.4. The van der Waals surface area contributed by atoms with Crippen LogP contribution in [-0.2, 0) is 0 Å². The molecule has 0 spiro atoms. The summed E-state index contributed by atoms with van der Waals surface area (Å²) in [6.07, 6.45) is 0. The van der Waals surface area contributed by atoms with E-state index in [4.69, 9.17) is 19.4 Å². The Morgan fingerprint density at radius 1 is 0.383 bits per heavy atom. The number of nitrogens with zero attached hydrogens (tertiary/aromatic N) is 3. The van der Waals surface area contributed by atoms with E-state index in [1.54, 1.807) is 0 Å². The number of furan rings is 1. The molecule has 0 saturated carbocycles. The zero-order chi connectivity index (χ0) is 31.2. The highest BCUT2D eigenvalue weighted by atomic mass is 16.3. The standard InChI is InChI=1S/C43H27N3O/c1-3-12-28(13-4-1)32-16-11-17-33(26-32)38-27-37(29-14-5-2-6-15-29)45-43(46-38)31-24-22-30(23-25-31)40-34-18-7-9-20-36(34)44-41-35-19-8-10-21-39(35)47-42(40)41/h1-27H. The van der Waals surface area contributed by atoms with Crippen LogP contribution in [0.1, 0.15) is 0 Å². The van der Waals surface area contributed by atoms with Gasteiger partial charge in [0.25, 0.3) is 0 Å². The molecule has 0 saturated heterocycles. The van der Waals surface area contributed by atoms with Crippen LogP contribution in [0.3, 0.4) is 0 Å². The van der Waals surface area contributed by atoms with E-state index < -0.39 is 0 Å². The number of aromatic nitrogens is 3. The van der Waals surface area contributed by atoms with Gasteiger partial charge in [0, 0.05) is 33.0 Å². The number of fused-ring (bicyclic) bond motifs is 4. The van der Waals surface area contributed by atoms with Crippen LogP contribution in [0.5, 0.6) is 0 Å². The van der Waals surface area contributed by atoms with Crippen molar-refractivity contribution in [1.29, 1.82) is 0 Å². The number of pyridine rings is 1. The smallest absolute Gasteiger partial charge is 0.162 e. The second-order valence-corrected chi connectivity index (χ2v) is 11.6. The quantitative estimate of drug-likeness (QED) is 0.197. The van der Waals surface area contributed by atoms with Crippen LogP contribution in [0, 0.1) is 0 Å². The van der Waals surface area contributed by atoms with Gasteiger partial charge in [0.15, 0.2) is 11.4 Å². The minimum Gasteiger partial charge on any atom is -0.454 e. The Kier molecular flexibility index (Phi) is 6.43. The third-order valence-electron chi connectivity index (χ3n) is 8.69. The van der Waals surface area contributed by atoms with Crippen molar-refractivity contribution >= 4 is 33.0 Å². The Morgan fingerprint density at radius 2 is 0.979 bits per heavy atom. The molecule has 0 unspecified atom stereocenters. The van der Waals surface area contributed by atoms with Crippen LogP contribution in [0.2, 0.25) is 0 Å². The van der Waals surface area contributed by atoms with Gasteiger partial charge >= 0.3 is 0 Å². The molecule has 220 valence electrons. The summed E-state index contributed by atoms with van der Waals surface area (Å²) in [7, 11) is 0. The van der Waals surface area contributed by atoms with Gasteiger partial charge < -0.3 is 4.42 Å². The van der Waals surface area contributed by atoms with Crippen molar-refractivity contribution in [3.8, 4) is 56.2 Å². The number of hydrogen-bond donors (Lipinski definition) is 0. The third-order valence-corrected chi connectivity index (χ3v) is 8.69. The summed E-state index contributed by atoms with van der Waals surface area (Å²) < 4.78 is 6.44. The van der Waals surface area contributed by atoms with Crippen molar-refractivity contribution in [2.24, 2.45) is 0 Å². The molecule has 3 heterocycles. The molecule has 0 atom stereocenters. The van der Waals surface area contributed by atoms with Gasteiger partial charge in [-0.1, -0.05) is 133 Å². The summed E-state index contributed by atoms with van der Waals surface area (Å²) in [4.78, 5) is 15.2. The fraction of sp³-hybridized carbons (Fsp3) is 0. The van der Waals surface area contributed by atoms with E-state index in [0.717, 1.165) is 77.7 Å². The lowest BCUT2D eigenvalue weighted by molar-refractivity contribution is 0.670. The first-order chi connectivity index (χ1) is 23.3. The fourth-order valence-electron chi connectivity index (χ4n) is 6.38. The molecule has 0 aliphatic heterocycles. The van der Waals surface area contributed by atoms with Crippen molar-refractivity contribution in [3.63, 3.8) is 0 Å². The van der Waals surface area contributed by atoms with Crippen molar-refractivity contribution in [2.45, 2.75) is 0 Å². The van der Waals surface area contributed by atoms with Crippen LogP contribution in [0.4, 0.5) is 0 Å². The largest absolute Gasteiger partial charge is 0.454 e. The van der Waals surface area contributed by atoms with Crippen LogP contribution < -0.4 is 0 Å². The van der Waals surface area contributed by atoms with E-state index in [9.17, 15) is 0 Å². The molecule has 0 aliphatic rings. The molecule has 0 N–H and O–H groups in total. The average Bonchev–Trinajstić information content (AvgIpc) is 3.52. The summed E-state index contributed by atoms with van der Waals surface area (Å²) >= 11 is 0. The summed E-state index contributed by atoms with van der Waals surface area (Å²) in [5, 5.41) is 2.07. The molecule has 9 rings (SSSR count). The van der Waals surface area contributed by atoms with Gasteiger partial charge in [0.1, 0.15) is 11.1 Å². The molecule has 47 heavy (non-hydrogen) atoms. The van der Waals surface area contributed by atoms with Crippen LogP contribution in [0.15, 0.2) is 168 Å². The molecule has 0 radical (unpaired) electrons. The Bertz CT molecular complexity index is 2550. The Labute approximate surface area is 271 Å². The van der Waals surface area contributed by atoms with Gasteiger partial charge in [0.05, 0.1) is 16.9 Å². The zero-order valence-corrected chi connectivity index (χ0v) is 25.3. The summed E-state index contributed by atoms with van der Waals surface area (Å²) in [6, 6.07) is 56.2. The maximum Gasteiger partial charge on any atom is 0.162 e. The van der Waals surface area contributed by atoms with E-state index >= 15 is 0 Å². The summed E-state index contributed by atoms with van der Waals surface area (Å²) in [5.41, 5.74) is 12.6. The van der Waals surface area contributed by atoms with Gasteiger partial charge in [-0.05, 0) is 47.0 Å². The van der Waals surface area contributed by atoms with E-state index in [0.29, 0.717) is 5.82 Å². The summed E-state index contributed by atoms with van der Waals surface area (Å²) in [5.74, 6) is 0.673. The molecule has 0 fully saturated rings. The number of hydrogen-bond acceptors (Lipinski definition) is 4. The van der Waals surface area contributed by atoms with Crippen molar-refractivity contribution in [2.75, 3.05) is 0 Å². The second-order valence-electron chi connectivity index (χ2n) is 11.6. The van der Waals surface area contributed by atoms with Gasteiger partial charge in [-0.15, -0.1) is 0 Å². The maximum atomic E-state index is 6.44. The molecule has 6 aromatic carbocycles. The molecule has 4 nitrogen and oxygen atoms in total. The van der Waals surface area contributed by atoms with E-state index in [2.05, 4.69) is 109 Å². The lowest BCUT2D eigenvalue weighted by Gasteiger charge is -2.12. The first-order valence-corrected chi connectivity index (χ1v) is 15.7. The molecule has 3 aromatic heterocycles. The summed E-state index contributed by atoms with van der Waals surface area (Å²) in [6.45, 7) is 0. The van der Waals surface area contributed by atoms with Gasteiger partial charge in [0.2, 0.25) is 0 Å². The van der Waals surface area contributed by atoms with Gasteiger partial charge in [-0.25, -0.2) is 15.0 Å². The number of rotatable bonds is 5. The average molecular weight is 602 g/mol. The molecule has 0 bridgehead atoms. The third kappa shape index (κ3) is 4.84. The van der Waals surface area contributed by atoms with E-state index in [1.165, 1.54) is 5.56 Å². The maximum absolute atomic E-state index is 6.44. The molecular weight excluding hydrogens is 574 g/mol. The molecule has 4 heteroatoms. The molecular formula is C43H27N3O. The monoisotopic (exact) mass is 601 g/mol.